The van der Waals surface area contributed by atoms with Crippen LogP contribution in [0.4, 0.5) is 11.5 Å². The Balaban J connectivity index is 2.77. The Morgan fingerprint density at radius 3 is 2.30 bits per heavy atom. The van der Waals surface area contributed by atoms with Crippen molar-refractivity contribution in [3.8, 4) is 6.07 Å². The van der Waals surface area contributed by atoms with Crippen LogP contribution in [0.2, 0.25) is 0 Å². The molecule has 1 heterocycles. The van der Waals surface area contributed by atoms with Crippen LogP contribution in [0.25, 0.3) is 0 Å². The molecule has 0 aliphatic heterocycles. The highest BCUT2D eigenvalue weighted by Crippen LogP contribution is 2.20. The van der Waals surface area contributed by atoms with Gasteiger partial charge in [0, 0.05) is 32.5 Å². The summed E-state index contributed by atoms with van der Waals surface area (Å²) in [4.78, 5) is 6.29. The Morgan fingerprint density at radius 1 is 1.25 bits per heavy atom. The summed E-state index contributed by atoms with van der Waals surface area (Å²) in [5.74, 6) is 0.670. The van der Waals surface area contributed by atoms with Gasteiger partial charge in [0.05, 0.1) is 24.5 Å². The molecule has 0 amide bonds. The minimum atomic E-state index is 0.459. The van der Waals surface area contributed by atoms with Gasteiger partial charge in [-0.3, -0.25) is 0 Å². The maximum absolute atomic E-state index is 8.84. The average Bonchev–Trinajstić information content (AvgIpc) is 2.46. The van der Waals surface area contributed by atoms with E-state index in [9.17, 15) is 0 Å². The van der Waals surface area contributed by atoms with Gasteiger partial charge in [-0.15, -0.1) is 0 Å². The first-order valence-electron chi connectivity index (χ1n) is 6.79. The van der Waals surface area contributed by atoms with Gasteiger partial charge in [0.25, 0.3) is 0 Å². The largest absolute Gasteiger partial charge is 0.396 e. The van der Waals surface area contributed by atoms with Crippen LogP contribution >= 0.6 is 0 Å². The molecule has 0 unspecified atom stereocenters. The van der Waals surface area contributed by atoms with Crippen molar-refractivity contribution in [3.63, 3.8) is 0 Å². The maximum atomic E-state index is 8.84. The molecule has 0 saturated carbocycles. The SMILES string of the molecule is CCOCCN(CCOCC)c1ncc(C#N)cc1N. The van der Waals surface area contributed by atoms with Crippen molar-refractivity contribution in [1.82, 2.24) is 4.98 Å². The summed E-state index contributed by atoms with van der Waals surface area (Å²) in [5, 5.41) is 8.84. The predicted octanol–water partition coefficient (Wildman–Crippen LogP) is 1.41. The van der Waals surface area contributed by atoms with Gasteiger partial charge in [0.15, 0.2) is 5.82 Å². The zero-order valence-corrected chi connectivity index (χ0v) is 12.1. The molecule has 0 aliphatic carbocycles. The first-order chi connectivity index (χ1) is 9.72. The number of ether oxygens (including phenoxy) is 2. The molecule has 2 N–H and O–H groups in total. The van der Waals surface area contributed by atoms with E-state index in [1.54, 1.807) is 6.07 Å². The fourth-order valence-electron chi connectivity index (χ4n) is 1.76. The first kappa shape index (κ1) is 16.2. The number of nitrogen functional groups attached to an aromatic ring is 1. The Hall–Kier alpha value is -1.84. The number of pyridine rings is 1. The number of nitrogens with two attached hydrogens (primary N) is 1. The van der Waals surface area contributed by atoms with E-state index in [-0.39, 0.29) is 0 Å². The van der Waals surface area contributed by atoms with Gasteiger partial charge in [-0.1, -0.05) is 0 Å². The number of aromatic nitrogens is 1. The Bertz CT molecular complexity index is 435. The third-order valence-corrected chi connectivity index (χ3v) is 2.74. The van der Waals surface area contributed by atoms with Crippen LogP contribution in [-0.2, 0) is 9.47 Å². The highest BCUT2D eigenvalue weighted by Gasteiger charge is 2.12. The lowest BCUT2D eigenvalue weighted by atomic mass is 10.2. The van der Waals surface area contributed by atoms with Gasteiger partial charge < -0.3 is 20.1 Å². The summed E-state index contributed by atoms with van der Waals surface area (Å²) >= 11 is 0. The standard InChI is InChI=1S/C14H22N4O2/c1-3-19-7-5-18(6-8-20-4-2)14-13(16)9-12(10-15)11-17-14/h9,11H,3-8,16H2,1-2H3. The molecular weight excluding hydrogens is 256 g/mol. The molecule has 0 bridgehead atoms. The van der Waals surface area contributed by atoms with Gasteiger partial charge in [-0.2, -0.15) is 5.26 Å². The minimum absolute atomic E-state index is 0.459. The summed E-state index contributed by atoms with van der Waals surface area (Å²) in [7, 11) is 0. The number of hydrogen-bond donors (Lipinski definition) is 1. The second-order valence-corrected chi connectivity index (χ2v) is 4.13. The van der Waals surface area contributed by atoms with E-state index in [1.807, 2.05) is 24.8 Å². The zero-order valence-electron chi connectivity index (χ0n) is 12.1. The summed E-state index contributed by atoms with van der Waals surface area (Å²) in [6, 6.07) is 3.66. The third-order valence-electron chi connectivity index (χ3n) is 2.74. The second-order valence-electron chi connectivity index (χ2n) is 4.13. The van der Waals surface area contributed by atoms with E-state index < -0.39 is 0 Å². The van der Waals surface area contributed by atoms with Gasteiger partial charge in [-0.05, 0) is 19.9 Å². The molecule has 0 aromatic carbocycles. The fourth-order valence-corrected chi connectivity index (χ4v) is 1.76. The molecule has 1 aromatic rings. The van der Waals surface area contributed by atoms with Crippen LogP contribution in [0.3, 0.4) is 0 Å². The van der Waals surface area contributed by atoms with Crippen LogP contribution in [0.1, 0.15) is 19.4 Å². The van der Waals surface area contributed by atoms with Crippen molar-refractivity contribution in [1.29, 1.82) is 5.26 Å². The number of nitrogens with zero attached hydrogens (tertiary/aromatic N) is 3. The molecule has 20 heavy (non-hydrogen) atoms. The monoisotopic (exact) mass is 278 g/mol. The summed E-state index contributed by atoms with van der Waals surface area (Å²) in [6.45, 7) is 7.84. The molecular formula is C14H22N4O2. The lowest BCUT2D eigenvalue weighted by Gasteiger charge is -2.24. The maximum Gasteiger partial charge on any atom is 0.152 e. The molecule has 0 atom stereocenters. The molecule has 0 radical (unpaired) electrons. The summed E-state index contributed by atoms with van der Waals surface area (Å²) in [5.41, 5.74) is 6.93. The molecule has 0 saturated heterocycles. The van der Waals surface area contributed by atoms with Crippen molar-refractivity contribution >= 4 is 11.5 Å². The number of rotatable bonds is 9. The lowest BCUT2D eigenvalue weighted by molar-refractivity contribution is 0.141. The Kier molecular flexibility index (Phi) is 7.40. The van der Waals surface area contributed by atoms with Crippen LogP contribution in [0, 0.1) is 11.3 Å². The van der Waals surface area contributed by atoms with Gasteiger partial charge >= 0.3 is 0 Å². The van der Waals surface area contributed by atoms with E-state index in [2.05, 4.69) is 4.98 Å². The highest BCUT2D eigenvalue weighted by molar-refractivity contribution is 5.64. The number of nitriles is 1. The van der Waals surface area contributed by atoms with Crippen LogP contribution in [0.5, 0.6) is 0 Å². The molecule has 110 valence electrons. The quantitative estimate of drug-likeness (QED) is 0.688. The van der Waals surface area contributed by atoms with Gasteiger partial charge in [0.2, 0.25) is 0 Å². The summed E-state index contributed by atoms with van der Waals surface area (Å²) < 4.78 is 10.7. The first-order valence-corrected chi connectivity index (χ1v) is 6.79. The van der Waals surface area contributed by atoms with E-state index in [0.717, 1.165) is 0 Å². The Morgan fingerprint density at radius 2 is 1.85 bits per heavy atom. The molecule has 6 nitrogen and oxygen atoms in total. The fraction of sp³-hybridized carbons (Fsp3) is 0.571. The number of anilines is 2. The van der Waals surface area contributed by atoms with Crippen LogP contribution in [0.15, 0.2) is 12.3 Å². The van der Waals surface area contributed by atoms with E-state index in [0.29, 0.717) is 56.6 Å². The molecule has 0 aliphatic rings. The summed E-state index contributed by atoms with van der Waals surface area (Å²) in [6.07, 6.45) is 1.53. The Labute approximate surface area is 120 Å². The van der Waals surface area contributed by atoms with Gasteiger partial charge in [0.1, 0.15) is 6.07 Å². The molecule has 1 aromatic heterocycles. The van der Waals surface area contributed by atoms with E-state index >= 15 is 0 Å². The molecule has 1 rings (SSSR count). The predicted molar refractivity (Wildman–Crippen MR) is 78.6 cm³/mol. The van der Waals surface area contributed by atoms with Crippen molar-refractivity contribution in [3.05, 3.63) is 17.8 Å². The zero-order chi connectivity index (χ0) is 14.8. The van der Waals surface area contributed by atoms with Gasteiger partial charge in [-0.25, -0.2) is 4.98 Å². The third kappa shape index (κ3) is 5.03. The van der Waals surface area contributed by atoms with Crippen molar-refractivity contribution < 1.29 is 9.47 Å². The minimum Gasteiger partial charge on any atom is -0.396 e. The lowest BCUT2D eigenvalue weighted by Crippen LogP contribution is -2.32. The van der Waals surface area contributed by atoms with E-state index in [4.69, 9.17) is 20.5 Å². The molecule has 0 spiro atoms. The normalized spacial score (nSPS) is 10.2. The average molecular weight is 278 g/mol. The highest BCUT2D eigenvalue weighted by atomic mass is 16.5. The number of hydrogen-bond acceptors (Lipinski definition) is 6. The van der Waals surface area contributed by atoms with Crippen molar-refractivity contribution in [2.45, 2.75) is 13.8 Å². The molecule has 6 heteroatoms. The second kappa shape index (κ2) is 9.13. The van der Waals surface area contributed by atoms with E-state index in [1.165, 1.54) is 6.20 Å². The smallest absolute Gasteiger partial charge is 0.152 e. The van der Waals surface area contributed by atoms with Crippen LogP contribution in [-0.4, -0.2) is 44.5 Å². The van der Waals surface area contributed by atoms with Crippen LogP contribution < -0.4 is 10.6 Å². The van der Waals surface area contributed by atoms with Crippen molar-refractivity contribution in [2.24, 2.45) is 0 Å². The van der Waals surface area contributed by atoms with Crippen molar-refractivity contribution in [2.75, 3.05) is 50.2 Å². The molecule has 0 fully saturated rings. The topological polar surface area (TPSA) is 84.4 Å².